The monoisotopic (exact) mass is 302 g/mol. The molecular formula is C19H30N2O. The van der Waals surface area contributed by atoms with Crippen molar-refractivity contribution in [2.45, 2.75) is 51.0 Å². The second kappa shape index (κ2) is 8.54. The summed E-state index contributed by atoms with van der Waals surface area (Å²) in [6, 6.07) is 9.48. The minimum atomic E-state index is 0.762. The van der Waals surface area contributed by atoms with Crippen LogP contribution in [0.25, 0.3) is 0 Å². The first-order valence-electron chi connectivity index (χ1n) is 9.08. The average Bonchev–Trinajstić information content (AvgIpc) is 2.56. The van der Waals surface area contributed by atoms with Crippen molar-refractivity contribution >= 4 is 0 Å². The summed E-state index contributed by atoms with van der Waals surface area (Å²) < 4.78 is 5.86. The van der Waals surface area contributed by atoms with Gasteiger partial charge in [-0.15, -0.1) is 0 Å². The normalized spacial score (nSPS) is 25.4. The van der Waals surface area contributed by atoms with Gasteiger partial charge in [0, 0.05) is 12.6 Å². The Balaban J connectivity index is 1.65. The van der Waals surface area contributed by atoms with Crippen LogP contribution in [0.3, 0.4) is 0 Å². The van der Waals surface area contributed by atoms with Gasteiger partial charge < -0.3 is 15.0 Å². The molecule has 0 amide bonds. The van der Waals surface area contributed by atoms with E-state index in [0.29, 0.717) is 0 Å². The summed E-state index contributed by atoms with van der Waals surface area (Å²) in [5, 5.41) is 3.49. The van der Waals surface area contributed by atoms with E-state index in [1.807, 2.05) is 0 Å². The molecule has 0 aliphatic carbocycles. The predicted molar refractivity (Wildman–Crippen MR) is 91.6 cm³/mol. The van der Waals surface area contributed by atoms with E-state index >= 15 is 0 Å². The lowest BCUT2D eigenvalue weighted by Crippen LogP contribution is -2.40. The van der Waals surface area contributed by atoms with Crippen LogP contribution in [-0.4, -0.2) is 43.7 Å². The number of fused-ring (bicyclic) bond motifs is 3. The van der Waals surface area contributed by atoms with Gasteiger partial charge in [-0.05, 0) is 75.9 Å². The van der Waals surface area contributed by atoms with Crippen molar-refractivity contribution < 1.29 is 4.74 Å². The molecule has 1 saturated heterocycles. The van der Waals surface area contributed by atoms with Crippen molar-refractivity contribution in [3.05, 3.63) is 29.8 Å². The standard InChI is InChI=1S/C19H30N2O/c1-3-13-21-14-4-2-11-20-12-15-22-19-8-5-6-17(16-19)9-10-18(21)7-1/h5-6,8,16,18,20H,1-4,7,9-15H2. The number of benzene rings is 1. The van der Waals surface area contributed by atoms with Gasteiger partial charge in [-0.25, -0.2) is 0 Å². The molecule has 2 aliphatic heterocycles. The van der Waals surface area contributed by atoms with Crippen molar-refractivity contribution in [3.63, 3.8) is 0 Å². The molecule has 2 bridgehead atoms. The van der Waals surface area contributed by atoms with E-state index in [9.17, 15) is 0 Å². The number of nitrogens with one attached hydrogen (secondary N) is 1. The van der Waals surface area contributed by atoms with Crippen molar-refractivity contribution in [2.75, 3.05) is 32.8 Å². The molecule has 1 unspecified atom stereocenters. The molecule has 0 radical (unpaired) electrons. The number of hydrogen-bond acceptors (Lipinski definition) is 3. The van der Waals surface area contributed by atoms with E-state index in [4.69, 9.17) is 4.74 Å². The molecule has 1 aromatic rings. The van der Waals surface area contributed by atoms with Gasteiger partial charge in [0.15, 0.2) is 0 Å². The van der Waals surface area contributed by atoms with E-state index in [-0.39, 0.29) is 0 Å². The van der Waals surface area contributed by atoms with Crippen LogP contribution in [-0.2, 0) is 6.42 Å². The summed E-state index contributed by atoms with van der Waals surface area (Å²) in [7, 11) is 0. The number of rotatable bonds is 0. The summed E-state index contributed by atoms with van der Waals surface area (Å²) in [4.78, 5) is 2.75. The third kappa shape index (κ3) is 4.72. The van der Waals surface area contributed by atoms with Crippen LogP contribution in [0.4, 0.5) is 0 Å². The van der Waals surface area contributed by atoms with Crippen LogP contribution in [0.1, 0.15) is 44.1 Å². The number of ether oxygens (including phenoxy) is 1. The van der Waals surface area contributed by atoms with E-state index in [1.165, 1.54) is 63.6 Å². The topological polar surface area (TPSA) is 24.5 Å². The Kier molecular flexibility index (Phi) is 6.14. The Hall–Kier alpha value is -1.06. The zero-order valence-corrected chi connectivity index (χ0v) is 13.7. The summed E-state index contributed by atoms with van der Waals surface area (Å²) >= 11 is 0. The molecule has 2 aliphatic rings. The van der Waals surface area contributed by atoms with E-state index in [0.717, 1.165) is 31.5 Å². The highest BCUT2D eigenvalue weighted by atomic mass is 16.5. The van der Waals surface area contributed by atoms with Gasteiger partial charge in [-0.1, -0.05) is 18.6 Å². The first-order chi connectivity index (χ1) is 10.9. The van der Waals surface area contributed by atoms with Gasteiger partial charge in [0.25, 0.3) is 0 Å². The molecule has 1 N–H and O–H groups in total. The van der Waals surface area contributed by atoms with Crippen molar-refractivity contribution in [1.82, 2.24) is 10.2 Å². The fourth-order valence-electron chi connectivity index (χ4n) is 3.74. The SMILES string of the molecule is c1cc2cc(c1)OCCNCCCCN1CCCCC1CC2. The molecule has 3 rings (SSSR count). The van der Waals surface area contributed by atoms with Crippen LogP contribution in [0.2, 0.25) is 0 Å². The van der Waals surface area contributed by atoms with Gasteiger partial charge in [-0.3, -0.25) is 0 Å². The zero-order valence-electron chi connectivity index (χ0n) is 13.7. The van der Waals surface area contributed by atoms with Gasteiger partial charge in [-0.2, -0.15) is 0 Å². The van der Waals surface area contributed by atoms with Crippen molar-refractivity contribution in [3.8, 4) is 5.75 Å². The van der Waals surface area contributed by atoms with E-state index in [1.54, 1.807) is 0 Å². The molecule has 1 atom stereocenters. The van der Waals surface area contributed by atoms with E-state index in [2.05, 4.69) is 34.5 Å². The number of hydrogen-bond donors (Lipinski definition) is 1. The largest absolute Gasteiger partial charge is 0.492 e. The Morgan fingerprint density at radius 3 is 2.86 bits per heavy atom. The first-order valence-corrected chi connectivity index (χ1v) is 9.08. The Labute approximate surface area is 135 Å². The third-order valence-corrected chi connectivity index (χ3v) is 5.01. The summed E-state index contributed by atoms with van der Waals surface area (Å²) in [5.74, 6) is 1.02. The summed E-state index contributed by atoms with van der Waals surface area (Å²) in [6.07, 6.45) is 9.24. The highest BCUT2D eigenvalue weighted by Crippen LogP contribution is 2.23. The molecule has 3 nitrogen and oxygen atoms in total. The summed E-state index contributed by atoms with van der Waals surface area (Å²) in [6.45, 7) is 5.40. The number of nitrogens with zero attached hydrogens (tertiary/aromatic N) is 1. The second-order valence-electron chi connectivity index (χ2n) is 6.68. The third-order valence-electron chi connectivity index (χ3n) is 5.01. The number of aryl methyl sites for hydroxylation is 1. The fraction of sp³-hybridized carbons (Fsp3) is 0.684. The number of piperidine rings is 1. The molecule has 22 heavy (non-hydrogen) atoms. The molecule has 122 valence electrons. The average molecular weight is 302 g/mol. The fourth-order valence-corrected chi connectivity index (χ4v) is 3.74. The van der Waals surface area contributed by atoms with Crippen LogP contribution < -0.4 is 10.1 Å². The van der Waals surface area contributed by atoms with E-state index < -0.39 is 0 Å². The van der Waals surface area contributed by atoms with Crippen LogP contribution in [0.15, 0.2) is 24.3 Å². The lowest BCUT2D eigenvalue weighted by atomic mass is 9.95. The predicted octanol–water partition coefficient (Wildman–Crippen LogP) is 3.24. The quantitative estimate of drug-likeness (QED) is 0.796. The van der Waals surface area contributed by atoms with Gasteiger partial charge in [0.2, 0.25) is 0 Å². The Bertz CT molecular complexity index is 449. The van der Waals surface area contributed by atoms with Gasteiger partial charge in [0.1, 0.15) is 12.4 Å². The zero-order chi connectivity index (χ0) is 15.0. The van der Waals surface area contributed by atoms with Crippen LogP contribution in [0, 0.1) is 0 Å². The maximum atomic E-state index is 5.86. The Morgan fingerprint density at radius 2 is 1.91 bits per heavy atom. The highest BCUT2D eigenvalue weighted by molar-refractivity contribution is 5.28. The molecule has 2 heterocycles. The lowest BCUT2D eigenvalue weighted by molar-refractivity contribution is 0.138. The van der Waals surface area contributed by atoms with Crippen LogP contribution >= 0.6 is 0 Å². The molecule has 3 heteroatoms. The maximum absolute atomic E-state index is 5.86. The second-order valence-corrected chi connectivity index (χ2v) is 6.68. The molecule has 0 spiro atoms. The summed E-state index contributed by atoms with van der Waals surface area (Å²) in [5.41, 5.74) is 1.42. The van der Waals surface area contributed by atoms with Crippen LogP contribution in [0.5, 0.6) is 5.75 Å². The smallest absolute Gasteiger partial charge is 0.119 e. The van der Waals surface area contributed by atoms with Crippen molar-refractivity contribution in [1.29, 1.82) is 0 Å². The highest BCUT2D eigenvalue weighted by Gasteiger charge is 2.21. The maximum Gasteiger partial charge on any atom is 0.119 e. The minimum absolute atomic E-state index is 0.762. The van der Waals surface area contributed by atoms with Crippen molar-refractivity contribution in [2.24, 2.45) is 0 Å². The lowest BCUT2D eigenvalue weighted by Gasteiger charge is -2.36. The van der Waals surface area contributed by atoms with Gasteiger partial charge in [0.05, 0.1) is 0 Å². The molecular weight excluding hydrogens is 272 g/mol. The minimum Gasteiger partial charge on any atom is -0.492 e. The molecule has 1 aromatic carbocycles. The molecule has 0 saturated carbocycles. The molecule has 1 fully saturated rings. The first kappa shape index (κ1) is 15.8. The van der Waals surface area contributed by atoms with Gasteiger partial charge >= 0.3 is 0 Å². The Morgan fingerprint density at radius 1 is 1.00 bits per heavy atom. The molecule has 0 aromatic heterocycles.